The smallest absolute Gasteiger partial charge is 0.224 e. The van der Waals surface area contributed by atoms with E-state index < -0.39 is 0 Å². The van der Waals surface area contributed by atoms with Gasteiger partial charge < -0.3 is 10.1 Å². The molecule has 5 heteroatoms. The normalized spacial score (nSPS) is 19.6. The molecule has 1 heterocycles. The molecule has 0 aromatic heterocycles. The SMILES string of the molecule is CNC(=O)C1CCCN(Cc2cc(OC)ccc2Br)C1. The van der Waals surface area contributed by atoms with Crippen LogP contribution in [0.1, 0.15) is 18.4 Å². The largest absolute Gasteiger partial charge is 0.497 e. The first-order valence-electron chi connectivity index (χ1n) is 6.90. The average molecular weight is 341 g/mol. The van der Waals surface area contributed by atoms with Gasteiger partial charge in [0.25, 0.3) is 0 Å². The van der Waals surface area contributed by atoms with Crippen molar-refractivity contribution in [2.24, 2.45) is 5.92 Å². The van der Waals surface area contributed by atoms with Crippen molar-refractivity contribution < 1.29 is 9.53 Å². The third kappa shape index (κ3) is 3.73. The summed E-state index contributed by atoms with van der Waals surface area (Å²) in [6.07, 6.45) is 2.05. The maximum Gasteiger partial charge on any atom is 0.224 e. The van der Waals surface area contributed by atoms with E-state index in [1.165, 1.54) is 5.56 Å². The van der Waals surface area contributed by atoms with E-state index in [1.807, 2.05) is 18.2 Å². The molecule has 1 aromatic rings. The molecule has 0 saturated carbocycles. The fraction of sp³-hybridized carbons (Fsp3) is 0.533. The number of carbonyl (C=O) groups excluding carboxylic acids is 1. The van der Waals surface area contributed by atoms with Crippen molar-refractivity contribution in [2.75, 3.05) is 27.2 Å². The molecule has 1 aliphatic heterocycles. The Morgan fingerprint density at radius 2 is 2.35 bits per heavy atom. The van der Waals surface area contributed by atoms with Crippen LogP contribution in [0.3, 0.4) is 0 Å². The van der Waals surface area contributed by atoms with Gasteiger partial charge in [-0.25, -0.2) is 0 Å². The number of amides is 1. The highest BCUT2D eigenvalue weighted by molar-refractivity contribution is 9.10. The number of benzene rings is 1. The summed E-state index contributed by atoms with van der Waals surface area (Å²) in [5, 5.41) is 2.75. The van der Waals surface area contributed by atoms with Crippen molar-refractivity contribution in [3.05, 3.63) is 28.2 Å². The van der Waals surface area contributed by atoms with Gasteiger partial charge in [0.2, 0.25) is 5.91 Å². The number of hydrogen-bond donors (Lipinski definition) is 1. The first kappa shape index (κ1) is 15.3. The number of halogens is 1. The van der Waals surface area contributed by atoms with Gasteiger partial charge in [-0.1, -0.05) is 15.9 Å². The molecule has 4 nitrogen and oxygen atoms in total. The lowest BCUT2D eigenvalue weighted by molar-refractivity contribution is -0.126. The molecule has 0 aliphatic carbocycles. The second kappa shape index (κ2) is 7.09. The predicted octanol–water partition coefficient (Wildman–Crippen LogP) is 2.42. The van der Waals surface area contributed by atoms with Crippen molar-refractivity contribution in [2.45, 2.75) is 19.4 Å². The van der Waals surface area contributed by atoms with Gasteiger partial charge in [-0.05, 0) is 43.1 Å². The fourth-order valence-electron chi connectivity index (χ4n) is 2.66. The zero-order chi connectivity index (χ0) is 14.5. The number of likely N-dealkylation sites (tertiary alicyclic amines) is 1. The Bertz CT molecular complexity index is 479. The molecule has 2 rings (SSSR count). The minimum absolute atomic E-state index is 0.109. The minimum Gasteiger partial charge on any atom is -0.497 e. The van der Waals surface area contributed by atoms with E-state index in [9.17, 15) is 4.79 Å². The van der Waals surface area contributed by atoms with Crippen molar-refractivity contribution >= 4 is 21.8 Å². The molecule has 1 aliphatic rings. The van der Waals surface area contributed by atoms with E-state index in [4.69, 9.17) is 4.74 Å². The zero-order valence-electron chi connectivity index (χ0n) is 12.0. The van der Waals surface area contributed by atoms with Crippen molar-refractivity contribution in [3.8, 4) is 5.75 Å². The van der Waals surface area contributed by atoms with Gasteiger partial charge in [-0.2, -0.15) is 0 Å². The summed E-state index contributed by atoms with van der Waals surface area (Å²) in [4.78, 5) is 14.1. The van der Waals surface area contributed by atoms with Gasteiger partial charge in [0.1, 0.15) is 5.75 Å². The van der Waals surface area contributed by atoms with Gasteiger partial charge in [0.15, 0.2) is 0 Å². The number of ether oxygens (including phenoxy) is 1. The van der Waals surface area contributed by atoms with Gasteiger partial charge >= 0.3 is 0 Å². The number of nitrogens with zero attached hydrogens (tertiary/aromatic N) is 1. The molecule has 0 spiro atoms. The third-order valence-corrected chi connectivity index (χ3v) is 4.54. The van der Waals surface area contributed by atoms with Crippen LogP contribution in [-0.4, -0.2) is 38.1 Å². The fourth-order valence-corrected chi connectivity index (χ4v) is 3.03. The number of carbonyl (C=O) groups is 1. The van der Waals surface area contributed by atoms with Crippen LogP contribution in [0.4, 0.5) is 0 Å². The lowest BCUT2D eigenvalue weighted by Gasteiger charge is -2.32. The lowest BCUT2D eigenvalue weighted by Crippen LogP contribution is -2.41. The minimum atomic E-state index is 0.109. The second-order valence-corrected chi connectivity index (χ2v) is 6.00. The molecular weight excluding hydrogens is 320 g/mol. The third-order valence-electron chi connectivity index (χ3n) is 3.77. The van der Waals surface area contributed by atoms with Crippen LogP contribution in [0.15, 0.2) is 22.7 Å². The van der Waals surface area contributed by atoms with Crippen molar-refractivity contribution in [1.82, 2.24) is 10.2 Å². The predicted molar refractivity (Wildman–Crippen MR) is 82.8 cm³/mol. The average Bonchev–Trinajstić information content (AvgIpc) is 2.49. The Labute approximate surface area is 128 Å². The monoisotopic (exact) mass is 340 g/mol. The van der Waals surface area contributed by atoms with E-state index in [1.54, 1.807) is 14.2 Å². The number of hydrogen-bond acceptors (Lipinski definition) is 3. The van der Waals surface area contributed by atoms with E-state index >= 15 is 0 Å². The maximum atomic E-state index is 11.8. The van der Waals surface area contributed by atoms with Gasteiger partial charge in [0, 0.05) is 24.6 Å². The standard InChI is InChI=1S/C15H21BrN2O2/c1-17-15(19)11-4-3-7-18(9-11)10-12-8-13(20-2)5-6-14(12)16/h5-6,8,11H,3-4,7,9-10H2,1-2H3,(H,17,19). The van der Waals surface area contributed by atoms with Crippen LogP contribution in [0.5, 0.6) is 5.75 Å². The Hall–Kier alpha value is -1.07. The highest BCUT2D eigenvalue weighted by Crippen LogP contribution is 2.26. The van der Waals surface area contributed by atoms with Crippen LogP contribution in [0.25, 0.3) is 0 Å². The summed E-state index contributed by atoms with van der Waals surface area (Å²) in [7, 11) is 3.38. The van der Waals surface area contributed by atoms with Crippen LogP contribution in [0, 0.1) is 5.92 Å². The molecule has 1 aromatic carbocycles. The molecule has 1 fully saturated rings. The Balaban J connectivity index is 2.04. The summed E-state index contributed by atoms with van der Waals surface area (Å²) in [6, 6.07) is 6.00. The zero-order valence-corrected chi connectivity index (χ0v) is 13.6. The van der Waals surface area contributed by atoms with Crippen molar-refractivity contribution in [1.29, 1.82) is 0 Å². The van der Waals surface area contributed by atoms with E-state index in [0.717, 1.165) is 42.7 Å². The van der Waals surface area contributed by atoms with Crippen molar-refractivity contribution in [3.63, 3.8) is 0 Å². The molecule has 1 saturated heterocycles. The van der Waals surface area contributed by atoms with Crippen LogP contribution >= 0.6 is 15.9 Å². The van der Waals surface area contributed by atoms with Crippen LogP contribution in [0.2, 0.25) is 0 Å². The summed E-state index contributed by atoms with van der Waals surface area (Å²) in [6.45, 7) is 2.70. The van der Waals surface area contributed by atoms with Gasteiger partial charge in [-0.3, -0.25) is 9.69 Å². The summed E-state index contributed by atoms with van der Waals surface area (Å²) in [5.74, 6) is 1.13. The summed E-state index contributed by atoms with van der Waals surface area (Å²) in [5.41, 5.74) is 1.20. The molecule has 20 heavy (non-hydrogen) atoms. The Morgan fingerprint density at radius 3 is 3.05 bits per heavy atom. The Morgan fingerprint density at radius 1 is 1.55 bits per heavy atom. The summed E-state index contributed by atoms with van der Waals surface area (Å²) < 4.78 is 6.36. The molecule has 1 N–H and O–H groups in total. The molecule has 1 unspecified atom stereocenters. The summed E-state index contributed by atoms with van der Waals surface area (Å²) >= 11 is 3.58. The molecule has 110 valence electrons. The van der Waals surface area contributed by atoms with Crippen LogP contribution < -0.4 is 10.1 Å². The van der Waals surface area contributed by atoms with Gasteiger partial charge in [0.05, 0.1) is 13.0 Å². The maximum absolute atomic E-state index is 11.8. The molecular formula is C15H21BrN2O2. The van der Waals surface area contributed by atoms with E-state index in [-0.39, 0.29) is 11.8 Å². The first-order chi connectivity index (χ1) is 9.63. The van der Waals surface area contributed by atoms with E-state index in [0.29, 0.717) is 0 Å². The highest BCUT2D eigenvalue weighted by Gasteiger charge is 2.25. The number of rotatable bonds is 4. The number of nitrogens with one attached hydrogen (secondary N) is 1. The number of piperidine rings is 1. The topological polar surface area (TPSA) is 41.6 Å². The highest BCUT2D eigenvalue weighted by atomic mass is 79.9. The molecule has 0 bridgehead atoms. The molecule has 1 amide bonds. The molecule has 1 atom stereocenters. The second-order valence-electron chi connectivity index (χ2n) is 5.15. The molecule has 0 radical (unpaired) electrons. The van der Waals surface area contributed by atoms with E-state index in [2.05, 4.69) is 26.1 Å². The van der Waals surface area contributed by atoms with Gasteiger partial charge in [-0.15, -0.1) is 0 Å². The number of methoxy groups -OCH3 is 1. The lowest BCUT2D eigenvalue weighted by atomic mass is 9.97. The first-order valence-corrected chi connectivity index (χ1v) is 7.69. The quantitative estimate of drug-likeness (QED) is 0.915. The van der Waals surface area contributed by atoms with Crippen LogP contribution in [-0.2, 0) is 11.3 Å². The Kier molecular flexibility index (Phi) is 5.43.